The minimum Gasteiger partial charge on any atom is -0.366 e. The topological polar surface area (TPSA) is 49.8 Å². The second-order valence-electron chi connectivity index (χ2n) is 4.70. The maximum atomic E-state index is 4.13. The van der Waals surface area contributed by atoms with Gasteiger partial charge >= 0.3 is 0 Å². The highest BCUT2D eigenvalue weighted by atomic mass is 15.2. The van der Waals surface area contributed by atoms with Gasteiger partial charge in [0.05, 0.1) is 6.20 Å². The van der Waals surface area contributed by atoms with Crippen molar-refractivity contribution in [2.24, 2.45) is 0 Å². The van der Waals surface area contributed by atoms with Gasteiger partial charge < -0.3 is 10.6 Å². The standard InChI is InChI=1S/C12H20N4/c1-9(2)10-7-12(16-14-8-10)15-11-3-5-13-6-4-11/h7-9,11,13H,3-6H2,1-2H3,(H,15,16). The first-order chi connectivity index (χ1) is 7.75. The Morgan fingerprint density at radius 3 is 2.81 bits per heavy atom. The molecular formula is C12H20N4. The number of aromatic nitrogens is 2. The summed E-state index contributed by atoms with van der Waals surface area (Å²) in [6, 6.07) is 2.65. The van der Waals surface area contributed by atoms with Crippen LogP contribution >= 0.6 is 0 Å². The molecule has 2 heterocycles. The zero-order valence-electron chi connectivity index (χ0n) is 10.0. The monoisotopic (exact) mass is 220 g/mol. The van der Waals surface area contributed by atoms with Crippen molar-refractivity contribution in [1.29, 1.82) is 0 Å². The maximum absolute atomic E-state index is 4.13. The fourth-order valence-corrected chi connectivity index (χ4v) is 1.94. The van der Waals surface area contributed by atoms with Crippen LogP contribution in [0.1, 0.15) is 38.2 Å². The van der Waals surface area contributed by atoms with Crippen LogP contribution in [0.25, 0.3) is 0 Å². The van der Waals surface area contributed by atoms with E-state index in [9.17, 15) is 0 Å². The van der Waals surface area contributed by atoms with Crippen molar-refractivity contribution in [2.75, 3.05) is 18.4 Å². The summed E-state index contributed by atoms with van der Waals surface area (Å²) in [5.41, 5.74) is 1.24. The third-order valence-corrected chi connectivity index (χ3v) is 3.03. The molecule has 1 aromatic rings. The van der Waals surface area contributed by atoms with Crippen molar-refractivity contribution in [3.05, 3.63) is 17.8 Å². The van der Waals surface area contributed by atoms with Gasteiger partial charge in [-0.15, -0.1) is 5.10 Å². The molecule has 16 heavy (non-hydrogen) atoms. The molecule has 4 heteroatoms. The first-order valence-corrected chi connectivity index (χ1v) is 6.05. The minimum absolute atomic E-state index is 0.504. The molecule has 2 N–H and O–H groups in total. The predicted octanol–water partition coefficient (Wildman–Crippen LogP) is 1.76. The van der Waals surface area contributed by atoms with Gasteiger partial charge in [0.1, 0.15) is 5.82 Å². The zero-order valence-corrected chi connectivity index (χ0v) is 10.0. The summed E-state index contributed by atoms with van der Waals surface area (Å²) >= 11 is 0. The third-order valence-electron chi connectivity index (χ3n) is 3.03. The molecular weight excluding hydrogens is 200 g/mol. The predicted molar refractivity (Wildman–Crippen MR) is 65.6 cm³/mol. The normalized spacial score (nSPS) is 17.7. The van der Waals surface area contributed by atoms with E-state index in [1.807, 2.05) is 6.20 Å². The van der Waals surface area contributed by atoms with Crippen molar-refractivity contribution >= 4 is 5.82 Å². The van der Waals surface area contributed by atoms with Crippen LogP contribution in [0.2, 0.25) is 0 Å². The van der Waals surface area contributed by atoms with Crippen LogP contribution in [0.3, 0.4) is 0 Å². The average molecular weight is 220 g/mol. The summed E-state index contributed by atoms with van der Waals surface area (Å²) in [7, 11) is 0. The molecule has 0 spiro atoms. The quantitative estimate of drug-likeness (QED) is 0.815. The average Bonchev–Trinajstić information content (AvgIpc) is 2.30. The highest BCUT2D eigenvalue weighted by Gasteiger charge is 2.13. The molecule has 4 nitrogen and oxygen atoms in total. The molecule has 0 amide bonds. The SMILES string of the molecule is CC(C)c1cnnc(NC2CCNCC2)c1. The molecule has 1 aliphatic heterocycles. The lowest BCUT2D eigenvalue weighted by Gasteiger charge is -2.24. The molecule has 0 aliphatic carbocycles. The summed E-state index contributed by atoms with van der Waals surface area (Å²) in [4.78, 5) is 0. The van der Waals surface area contributed by atoms with Crippen LogP contribution in [0.15, 0.2) is 12.3 Å². The Balaban J connectivity index is 2.00. The van der Waals surface area contributed by atoms with Crippen LogP contribution in [0.5, 0.6) is 0 Å². The molecule has 0 bridgehead atoms. The van der Waals surface area contributed by atoms with Gasteiger partial charge in [-0.25, -0.2) is 0 Å². The highest BCUT2D eigenvalue weighted by Crippen LogP contribution is 2.17. The van der Waals surface area contributed by atoms with E-state index in [0.29, 0.717) is 12.0 Å². The smallest absolute Gasteiger partial charge is 0.149 e. The van der Waals surface area contributed by atoms with Gasteiger partial charge in [0.2, 0.25) is 0 Å². The van der Waals surface area contributed by atoms with Gasteiger partial charge in [-0.1, -0.05) is 13.8 Å². The summed E-state index contributed by atoms with van der Waals surface area (Å²) in [6.45, 7) is 6.53. The van der Waals surface area contributed by atoms with E-state index in [-0.39, 0.29) is 0 Å². The number of piperidine rings is 1. The largest absolute Gasteiger partial charge is 0.366 e. The Labute approximate surface area is 96.9 Å². The van der Waals surface area contributed by atoms with E-state index in [2.05, 4.69) is 40.7 Å². The van der Waals surface area contributed by atoms with Crippen LogP contribution in [-0.2, 0) is 0 Å². The van der Waals surface area contributed by atoms with Gasteiger partial charge in [0.15, 0.2) is 0 Å². The lowest BCUT2D eigenvalue weighted by Crippen LogP contribution is -2.35. The molecule has 1 aromatic heterocycles. The van der Waals surface area contributed by atoms with Crippen LogP contribution < -0.4 is 10.6 Å². The molecule has 0 aromatic carbocycles. The Hall–Kier alpha value is -1.16. The van der Waals surface area contributed by atoms with E-state index in [1.54, 1.807) is 0 Å². The maximum Gasteiger partial charge on any atom is 0.149 e. The summed E-state index contributed by atoms with van der Waals surface area (Å²) in [6.07, 6.45) is 4.17. The number of rotatable bonds is 3. The van der Waals surface area contributed by atoms with Gasteiger partial charge in [-0.05, 0) is 43.5 Å². The fraction of sp³-hybridized carbons (Fsp3) is 0.667. The van der Waals surface area contributed by atoms with Crippen molar-refractivity contribution < 1.29 is 0 Å². The molecule has 1 aliphatic rings. The molecule has 0 saturated carbocycles. The van der Waals surface area contributed by atoms with Crippen molar-refractivity contribution in [2.45, 2.75) is 38.6 Å². The van der Waals surface area contributed by atoms with E-state index in [0.717, 1.165) is 31.7 Å². The van der Waals surface area contributed by atoms with E-state index in [4.69, 9.17) is 0 Å². The van der Waals surface area contributed by atoms with E-state index < -0.39 is 0 Å². The zero-order chi connectivity index (χ0) is 11.4. The van der Waals surface area contributed by atoms with Gasteiger partial charge in [-0.2, -0.15) is 5.10 Å². The molecule has 1 saturated heterocycles. The summed E-state index contributed by atoms with van der Waals surface area (Å²) in [5, 5.41) is 15.0. The van der Waals surface area contributed by atoms with E-state index >= 15 is 0 Å². The summed E-state index contributed by atoms with van der Waals surface area (Å²) in [5.74, 6) is 1.42. The highest BCUT2D eigenvalue weighted by molar-refractivity contribution is 5.37. The number of nitrogens with zero attached hydrogens (tertiary/aromatic N) is 2. The summed E-state index contributed by atoms with van der Waals surface area (Å²) < 4.78 is 0. The van der Waals surface area contributed by atoms with Crippen molar-refractivity contribution in [1.82, 2.24) is 15.5 Å². The van der Waals surface area contributed by atoms with Crippen LogP contribution in [-0.4, -0.2) is 29.3 Å². The second kappa shape index (κ2) is 5.25. The fourth-order valence-electron chi connectivity index (χ4n) is 1.94. The molecule has 0 unspecified atom stereocenters. The van der Waals surface area contributed by atoms with E-state index in [1.165, 1.54) is 5.56 Å². The Morgan fingerprint density at radius 1 is 1.38 bits per heavy atom. The molecule has 2 rings (SSSR count). The van der Waals surface area contributed by atoms with Gasteiger partial charge in [0.25, 0.3) is 0 Å². The minimum atomic E-state index is 0.504. The molecule has 1 fully saturated rings. The Morgan fingerprint density at radius 2 is 2.12 bits per heavy atom. The third kappa shape index (κ3) is 2.92. The number of anilines is 1. The van der Waals surface area contributed by atoms with Crippen molar-refractivity contribution in [3.8, 4) is 0 Å². The Bertz CT molecular complexity index is 332. The first kappa shape index (κ1) is 11.3. The molecule has 88 valence electrons. The number of hydrogen-bond donors (Lipinski definition) is 2. The van der Waals surface area contributed by atoms with Gasteiger partial charge in [0, 0.05) is 6.04 Å². The molecule has 0 atom stereocenters. The van der Waals surface area contributed by atoms with Gasteiger partial charge in [-0.3, -0.25) is 0 Å². The van der Waals surface area contributed by atoms with Crippen LogP contribution in [0, 0.1) is 0 Å². The van der Waals surface area contributed by atoms with Crippen LogP contribution in [0.4, 0.5) is 5.82 Å². The molecule has 0 radical (unpaired) electrons. The lowest BCUT2D eigenvalue weighted by atomic mass is 10.1. The number of nitrogens with one attached hydrogen (secondary N) is 2. The van der Waals surface area contributed by atoms with Crippen molar-refractivity contribution in [3.63, 3.8) is 0 Å². The number of hydrogen-bond acceptors (Lipinski definition) is 4. The Kier molecular flexibility index (Phi) is 3.72. The second-order valence-corrected chi connectivity index (χ2v) is 4.70. The lowest BCUT2D eigenvalue weighted by molar-refractivity contribution is 0.478. The first-order valence-electron chi connectivity index (χ1n) is 6.05.